The van der Waals surface area contributed by atoms with Crippen molar-refractivity contribution >= 4 is 0 Å². The van der Waals surface area contributed by atoms with Crippen molar-refractivity contribution in [2.45, 2.75) is 83.7 Å². The topological polar surface area (TPSA) is 36.9 Å². The van der Waals surface area contributed by atoms with Gasteiger partial charge in [0.25, 0.3) is 0 Å². The zero-order valence-electron chi connectivity index (χ0n) is 18.5. The van der Waals surface area contributed by atoms with Crippen molar-refractivity contribution in [3.05, 3.63) is 11.6 Å². The number of hydrogen-bond donors (Lipinski definition) is 0. The van der Waals surface area contributed by atoms with E-state index >= 15 is 0 Å². The molecule has 4 aliphatic carbocycles. The van der Waals surface area contributed by atoms with Crippen LogP contribution in [0.3, 0.4) is 0 Å². The smallest absolute Gasteiger partial charge is 0.172 e. The summed E-state index contributed by atoms with van der Waals surface area (Å²) in [6.45, 7) is 10.4. The predicted molar refractivity (Wildman–Crippen MR) is 110 cm³/mol. The first kappa shape index (κ1) is 19.3. The van der Waals surface area contributed by atoms with Crippen molar-refractivity contribution < 1.29 is 18.9 Å². The molecule has 0 radical (unpaired) electrons. The lowest BCUT2D eigenvalue weighted by molar-refractivity contribution is -0.216. The van der Waals surface area contributed by atoms with Gasteiger partial charge in [-0.15, -0.1) is 0 Å². The second-order valence-electron chi connectivity index (χ2n) is 11.4. The fraction of sp³-hybridized carbons (Fsp3) is 0.920. The minimum absolute atomic E-state index is 0.300. The summed E-state index contributed by atoms with van der Waals surface area (Å²) in [5, 5.41) is 0. The Morgan fingerprint density at radius 1 is 0.793 bits per heavy atom. The lowest BCUT2D eigenvalue weighted by Gasteiger charge is -2.59. The van der Waals surface area contributed by atoms with Crippen molar-refractivity contribution in [2.75, 3.05) is 26.4 Å². The Morgan fingerprint density at radius 2 is 1.52 bits per heavy atom. The summed E-state index contributed by atoms with van der Waals surface area (Å²) in [6, 6.07) is 0. The highest BCUT2D eigenvalue weighted by Crippen LogP contribution is 2.68. The average molecular weight is 403 g/mol. The number of rotatable bonds is 1. The van der Waals surface area contributed by atoms with Crippen LogP contribution in [0.25, 0.3) is 0 Å². The van der Waals surface area contributed by atoms with E-state index in [4.69, 9.17) is 18.9 Å². The molecule has 4 nitrogen and oxygen atoms in total. The van der Waals surface area contributed by atoms with Crippen molar-refractivity contribution in [2.24, 2.45) is 34.5 Å². The first-order valence-corrected chi connectivity index (χ1v) is 12.1. The van der Waals surface area contributed by atoms with Crippen LogP contribution in [0.1, 0.15) is 72.1 Å². The molecule has 162 valence electrons. The lowest BCUT2D eigenvalue weighted by Crippen LogP contribution is -2.54. The second-order valence-corrected chi connectivity index (χ2v) is 11.4. The molecule has 2 heterocycles. The summed E-state index contributed by atoms with van der Waals surface area (Å²) in [7, 11) is 0. The van der Waals surface area contributed by atoms with E-state index in [2.05, 4.69) is 26.8 Å². The minimum Gasteiger partial charge on any atom is -0.348 e. The SMILES string of the molecule is CC1([C@H]2CC[C@H]3C4CC=C5CC6(CC[C@]5(C)[C@H]4CC[C@]23C)OCCO6)OCCO1. The Balaban J connectivity index is 1.28. The van der Waals surface area contributed by atoms with Gasteiger partial charge in [0.1, 0.15) is 0 Å². The molecule has 1 spiro atoms. The van der Waals surface area contributed by atoms with Crippen LogP contribution in [0.5, 0.6) is 0 Å². The first-order chi connectivity index (χ1) is 13.9. The van der Waals surface area contributed by atoms with Crippen molar-refractivity contribution in [3.63, 3.8) is 0 Å². The van der Waals surface area contributed by atoms with Gasteiger partial charge >= 0.3 is 0 Å². The fourth-order valence-electron chi connectivity index (χ4n) is 8.94. The lowest BCUT2D eigenvalue weighted by atomic mass is 9.47. The van der Waals surface area contributed by atoms with Crippen LogP contribution in [0.2, 0.25) is 0 Å². The molecule has 0 N–H and O–H groups in total. The van der Waals surface area contributed by atoms with E-state index in [0.29, 0.717) is 16.7 Å². The number of fused-ring (bicyclic) bond motifs is 5. The maximum Gasteiger partial charge on any atom is 0.172 e. The Labute approximate surface area is 175 Å². The number of ether oxygens (including phenoxy) is 4. The highest BCUT2D eigenvalue weighted by atomic mass is 16.7. The van der Waals surface area contributed by atoms with Gasteiger partial charge < -0.3 is 18.9 Å². The maximum absolute atomic E-state index is 6.17. The van der Waals surface area contributed by atoms with Gasteiger partial charge in [0.05, 0.1) is 26.4 Å². The van der Waals surface area contributed by atoms with E-state index in [1.165, 1.54) is 38.5 Å². The highest BCUT2D eigenvalue weighted by Gasteiger charge is 2.63. The molecular weight excluding hydrogens is 364 g/mol. The maximum atomic E-state index is 6.17. The molecule has 0 aromatic carbocycles. The normalized spacial score (nSPS) is 50.1. The van der Waals surface area contributed by atoms with E-state index in [0.717, 1.165) is 57.0 Å². The summed E-state index contributed by atoms with van der Waals surface area (Å²) in [4.78, 5) is 0. The molecule has 6 rings (SSSR count). The highest BCUT2D eigenvalue weighted by molar-refractivity contribution is 5.27. The Hall–Kier alpha value is -0.420. The van der Waals surface area contributed by atoms with Crippen LogP contribution in [-0.4, -0.2) is 38.0 Å². The molecule has 29 heavy (non-hydrogen) atoms. The third-order valence-corrected chi connectivity index (χ3v) is 10.4. The molecule has 4 heteroatoms. The van der Waals surface area contributed by atoms with E-state index < -0.39 is 0 Å². The van der Waals surface area contributed by atoms with Gasteiger partial charge in [0.2, 0.25) is 0 Å². The molecule has 6 aliphatic rings. The molecule has 0 amide bonds. The van der Waals surface area contributed by atoms with Gasteiger partial charge in [-0.05, 0) is 74.0 Å². The van der Waals surface area contributed by atoms with Crippen LogP contribution in [0.4, 0.5) is 0 Å². The quantitative estimate of drug-likeness (QED) is 0.574. The minimum atomic E-state index is -0.357. The van der Waals surface area contributed by atoms with E-state index in [-0.39, 0.29) is 11.6 Å². The van der Waals surface area contributed by atoms with Crippen LogP contribution in [-0.2, 0) is 18.9 Å². The molecule has 2 aliphatic heterocycles. The van der Waals surface area contributed by atoms with Gasteiger partial charge in [0.15, 0.2) is 11.6 Å². The number of hydrogen-bond acceptors (Lipinski definition) is 4. The van der Waals surface area contributed by atoms with Gasteiger partial charge in [0, 0.05) is 18.8 Å². The summed E-state index contributed by atoms with van der Waals surface area (Å²) < 4.78 is 24.5. The fourth-order valence-corrected chi connectivity index (χ4v) is 8.94. The Kier molecular flexibility index (Phi) is 4.19. The molecule has 1 unspecified atom stereocenters. The predicted octanol–water partition coefficient (Wildman–Crippen LogP) is 5.07. The standard InChI is InChI=1S/C25H38O4/c1-22-10-11-25(28-14-15-29-25)16-17(22)4-5-18-19-6-7-21(24(3)26-12-13-27-24)23(19,2)9-8-20(18)22/h4,18-21H,5-16H2,1-3H3/t18?,19-,20-,21-,22-,23-/m0/s1. The Bertz CT molecular complexity index is 704. The summed E-state index contributed by atoms with van der Waals surface area (Å²) >= 11 is 0. The van der Waals surface area contributed by atoms with E-state index in [9.17, 15) is 0 Å². The van der Waals surface area contributed by atoms with Crippen molar-refractivity contribution in [1.82, 2.24) is 0 Å². The molecule has 0 aromatic rings. The van der Waals surface area contributed by atoms with Crippen LogP contribution in [0.15, 0.2) is 11.6 Å². The largest absolute Gasteiger partial charge is 0.348 e. The van der Waals surface area contributed by atoms with Crippen molar-refractivity contribution in [3.8, 4) is 0 Å². The van der Waals surface area contributed by atoms with Crippen LogP contribution >= 0.6 is 0 Å². The first-order valence-electron chi connectivity index (χ1n) is 12.1. The molecule has 0 bridgehead atoms. The van der Waals surface area contributed by atoms with Gasteiger partial charge in [-0.2, -0.15) is 0 Å². The molecule has 3 saturated carbocycles. The molecular formula is C25H38O4. The Morgan fingerprint density at radius 3 is 2.28 bits per heavy atom. The molecule has 6 atom stereocenters. The summed E-state index contributed by atoms with van der Waals surface area (Å²) in [5.74, 6) is 2.32. The summed E-state index contributed by atoms with van der Waals surface area (Å²) in [5.41, 5.74) is 2.34. The van der Waals surface area contributed by atoms with E-state index in [1.54, 1.807) is 5.57 Å². The molecule has 2 saturated heterocycles. The van der Waals surface area contributed by atoms with E-state index in [1.807, 2.05) is 0 Å². The number of allylic oxidation sites excluding steroid dienone is 1. The third kappa shape index (κ3) is 2.58. The zero-order chi connectivity index (χ0) is 19.9. The molecule has 5 fully saturated rings. The van der Waals surface area contributed by atoms with Gasteiger partial charge in [-0.25, -0.2) is 0 Å². The second kappa shape index (κ2) is 6.31. The molecule has 0 aromatic heterocycles. The van der Waals surface area contributed by atoms with Gasteiger partial charge in [-0.3, -0.25) is 0 Å². The summed E-state index contributed by atoms with van der Waals surface area (Å²) in [6.07, 6.45) is 12.4. The third-order valence-electron chi connectivity index (χ3n) is 10.4. The van der Waals surface area contributed by atoms with Gasteiger partial charge in [-0.1, -0.05) is 25.5 Å². The van der Waals surface area contributed by atoms with Crippen molar-refractivity contribution in [1.29, 1.82) is 0 Å². The van der Waals surface area contributed by atoms with Crippen LogP contribution in [0, 0.1) is 34.5 Å². The van der Waals surface area contributed by atoms with Crippen LogP contribution < -0.4 is 0 Å². The zero-order valence-corrected chi connectivity index (χ0v) is 18.5. The average Bonchev–Trinajstić information content (AvgIpc) is 3.42. The monoisotopic (exact) mass is 402 g/mol.